The SMILES string of the molecule is N[C@@H]1CCCN(Cc2ccccc2OCCCCN2CCOCC2)CC1. The number of rotatable bonds is 8. The molecular weight excluding hydrogens is 326 g/mol. The summed E-state index contributed by atoms with van der Waals surface area (Å²) in [5.41, 5.74) is 7.41. The van der Waals surface area contributed by atoms with Gasteiger partial charge in [-0.25, -0.2) is 0 Å². The van der Waals surface area contributed by atoms with Crippen molar-refractivity contribution in [3.05, 3.63) is 29.8 Å². The van der Waals surface area contributed by atoms with Crippen molar-refractivity contribution in [2.24, 2.45) is 5.73 Å². The number of para-hydroxylation sites is 1. The molecule has 2 aliphatic heterocycles. The molecule has 0 aliphatic carbocycles. The van der Waals surface area contributed by atoms with E-state index in [1.807, 2.05) is 0 Å². The van der Waals surface area contributed by atoms with Crippen molar-refractivity contribution in [3.63, 3.8) is 0 Å². The molecule has 0 saturated carbocycles. The van der Waals surface area contributed by atoms with Gasteiger partial charge in [0.25, 0.3) is 0 Å². The molecule has 0 aromatic heterocycles. The van der Waals surface area contributed by atoms with Gasteiger partial charge in [-0.05, 0) is 57.8 Å². The summed E-state index contributed by atoms with van der Waals surface area (Å²) in [6.45, 7) is 9.06. The molecule has 26 heavy (non-hydrogen) atoms. The second kappa shape index (κ2) is 10.9. The fourth-order valence-corrected chi connectivity index (χ4v) is 3.80. The normalized spacial score (nSPS) is 22.9. The lowest BCUT2D eigenvalue weighted by Crippen LogP contribution is -2.36. The van der Waals surface area contributed by atoms with Gasteiger partial charge < -0.3 is 15.2 Å². The molecule has 0 spiro atoms. The smallest absolute Gasteiger partial charge is 0.123 e. The molecule has 5 heteroatoms. The minimum Gasteiger partial charge on any atom is -0.493 e. The topological polar surface area (TPSA) is 51.0 Å². The van der Waals surface area contributed by atoms with Gasteiger partial charge in [0.15, 0.2) is 0 Å². The average Bonchev–Trinajstić information content (AvgIpc) is 2.88. The average molecular weight is 362 g/mol. The van der Waals surface area contributed by atoms with Crippen LogP contribution in [0.15, 0.2) is 24.3 Å². The van der Waals surface area contributed by atoms with Crippen LogP contribution >= 0.6 is 0 Å². The molecule has 1 atom stereocenters. The number of hydrogen-bond donors (Lipinski definition) is 1. The fraction of sp³-hybridized carbons (Fsp3) is 0.714. The molecule has 2 saturated heterocycles. The molecule has 146 valence electrons. The van der Waals surface area contributed by atoms with Crippen molar-refractivity contribution < 1.29 is 9.47 Å². The van der Waals surface area contributed by atoms with Crippen LogP contribution in [-0.2, 0) is 11.3 Å². The van der Waals surface area contributed by atoms with Gasteiger partial charge >= 0.3 is 0 Å². The maximum absolute atomic E-state index is 6.13. The van der Waals surface area contributed by atoms with Gasteiger partial charge in [0.05, 0.1) is 19.8 Å². The molecule has 2 N–H and O–H groups in total. The zero-order valence-corrected chi connectivity index (χ0v) is 16.1. The second-order valence-corrected chi connectivity index (χ2v) is 7.58. The quantitative estimate of drug-likeness (QED) is 0.721. The number of nitrogens with zero attached hydrogens (tertiary/aromatic N) is 2. The second-order valence-electron chi connectivity index (χ2n) is 7.58. The van der Waals surface area contributed by atoms with E-state index in [1.165, 1.54) is 18.4 Å². The van der Waals surface area contributed by atoms with Crippen molar-refractivity contribution in [1.29, 1.82) is 0 Å². The Balaban J connectivity index is 1.40. The molecule has 3 rings (SSSR count). The molecule has 2 aliphatic rings. The maximum atomic E-state index is 6.13. The molecule has 0 radical (unpaired) electrons. The first-order valence-electron chi connectivity index (χ1n) is 10.3. The first-order chi connectivity index (χ1) is 12.8. The van der Waals surface area contributed by atoms with Crippen LogP contribution in [0.3, 0.4) is 0 Å². The van der Waals surface area contributed by atoms with E-state index in [4.69, 9.17) is 15.2 Å². The highest BCUT2D eigenvalue weighted by Gasteiger charge is 2.15. The lowest BCUT2D eigenvalue weighted by atomic mass is 10.1. The highest BCUT2D eigenvalue weighted by molar-refractivity contribution is 5.33. The van der Waals surface area contributed by atoms with E-state index >= 15 is 0 Å². The highest BCUT2D eigenvalue weighted by atomic mass is 16.5. The number of nitrogens with two attached hydrogens (primary N) is 1. The molecule has 0 amide bonds. The van der Waals surface area contributed by atoms with Gasteiger partial charge in [-0.1, -0.05) is 18.2 Å². The number of ether oxygens (including phenoxy) is 2. The Morgan fingerprint density at radius 1 is 1.00 bits per heavy atom. The van der Waals surface area contributed by atoms with E-state index in [1.54, 1.807) is 0 Å². The molecule has 5 nitrogen and oxygen atoms in total. The van der Waals surface area contributed by atoms with Gasteiger partial charge in [-0.3, -0.25) is 9.80 Å². The number of benzene rings is 1. The van der Waals surface area contributed by atoms with Gasteiger partial charge in [0.2, 0.25) is 0 Å². The Hall–Kier alpha value is -1.14. The first-order valence-corrected chi connectivity index (χ1v) is 10.3. The predicted molar refractivity (Wildman–Crippen MR) is 106 cm³/mol. The molecule has 2 heterocycles. The summed E-state index contributed by atoms with van der Waals surface area (Å²) >= 11 is 0. The van der Waals surface area contributed by atoms with E-state index in [0.717, 1.165) is 84.1 Å². The van der Waals surface area contributed by atoms with E-state index in [0.29, 0.717) is 6.04 Å². The third-order valence-electron chi connectivity index (χ3n) is 5.46. The Morgan fingerprint density at radius 3 is 2.73 bits per heavy atom. The van der Waals surface area contributed by atoms with Gasteiger partial charge in [-0.15, -0.1) is 0 Å². The fourth-order valence-electron chi connectivity index (χ4n) is 3.80. The predicted octanol–water partition coefficient (Wildman–Crippen LogP) is 2.49. The van der Waals surface area contributed by atoms with Crippen molar-refractivity contribution >= 4 is 0 Å². The number of morpholine rings is 1. The Bertz CT molecular complexity index is 520. The Labute approximate surface area is 158 Å². The zero-order valence-electron chi connectivity index (χ0n) is 16.1. The van der Waals surface area contributed by atoms with Crippen LogP contribution < -0.4 is 10.5 Å². The Morgan fingerprint density at radius 2 is 1.85 bits per heavy atom. The summed E-state index contributed by atoms with van der Waals surface area (Å²) in [5, 5.41) is 0. The summed E-state index contributed by atoms with van der Waals surface area (Å²) in [6, 6.07) is 8.88. The molecular formula is C21H35N3O2. The van der Waals surface area contributed by atoms with Crippen molar-refractivity contribution in [2.75, 3.05) is 52.5 Å². The van der Waals surface area contributed by atoms with Crippen LogP contribution in [0.1, 0.15) is 37.7 Å². The highest BCUT2D eigenvalue weighted by Crippen LogP contribution is 2.22. The zero-order chi connectivity index (χ0) is 18.0. The molecule has 1 aromatic carbocycles. The van der Waals surface area contributed by atoms with E-state index in [-0.39, 0.29) is 0 Å². The number of likely N-dealkylation sites (tertiary alicyclic amines) is 1. The molecule has 2 fully saturated rings. The largest absolute Gasteiger partial charge is 0.493 e. The van der Waals surface area contributed by atoms with Crippen molar-refractivity contribution in [2.45, 2.75) is 44.7 Å². The van der Waals surface area contributed by atoms with Crippen LogP contribution in [0.5, 0.6) is 5.75 Å². The van der Waals surface area contributed by atoms with Crippen LogP contribution in [0, 0.1) is 0 Å². The van der Waals surface area contributed by atoms with Crippen LogP contribution in [0.25, 0.3) is 0 Å². The summed E-state index contributed by atoms with van der Waals surface area (Å²) in [6.07, 6.45) is 5.74. The standard InChI is InChI=1S/C21H35N3O2/c22-20-7-5-11-24(12-9-20)18-19-6-1-2-8-21(19)26-15-4-3-10-23-13-16-25-17-14-23/h1-2,6,8,20H,3-5,7,9-18,22H2/t20-/m1/s1. The van der Waals surface area contributed by atoms with E-state index in [2.05, 4.69) is 34.1 Å². The van der Waals surface area contributed by atoms with Crippen molar-refractivity contribution in [3.8, 4) is 5.75 Å². The first kappa shape index (κ1) is 19.6. The molecule has 0 unspecified atom stereocenters. The monoisotopic (exact) mass is 361 g/mol. The third-order valence-corrected chi connectivity index (χ3v) is 5.46. The van der Waals surface area contributed by atoms with Crippen molar-refractivity contribution in [1.82, 2.24) is 9.80 Å². The minimum atomic E-state index is 0.373. The summed E-state index contributed by atoms with van der Waals surface area (Å²) in [5.74, 6) is 1.05. The van der Waals surface area contributed by atoms with Gasteiger partial charge in [0, 0.05) is 31.2 Å². The van der Waals surface area contributed by atoms with Gasteiger partial charge in [0.1, 0.15) is 5.75 Å². The third kappa shape index (κ3) is 6.54. The molecule has 0 bridgehead atoms. The maximum Gasteiger partial charge on any atom is 0.123 e. The van der Waals surface area contributed by atoms with Crippen LogP contribution in [-0.4, -0.2) is 68.4 Å². The summed E-state index contributed by atoms with van der Waals surface area (Å²) in [7, 11) is 0. The summed E-state index contributed by atoms with van der Waals surface area (Å²) < 4.78 is 11.5. The van der Waals surface area contributed by atoms with Crippen LogP contribution in [0.2, 0.25) is 0 Å². The van der Waals surface area contributed by atoms with E-state index < -0.39 is 0 Å². The summed E-state index contributed by atoms with van der Waals surface area (Å²) in [4.78, 5) is 5.01. The number of unbranched alkanes of at least 4 members (excludes halogenated alkanes) is 1. The molecule has 1 aromatic rings. The minimum absolute atomic E-state index is 0.373. The lowest BCUT2D eigenvalue weighted by molar-refractivity contribution is 0.0368. The number of hydrogen-bond acceptors (Lipinski definition) is 5. The van der Waals surface area contributed by atoms with Crippen LogP contribution in [0.4, 0.5) is 0 Å². The van der Waals surface area contributed by atoms with E-state index in [9.17, 15) is 0 Å². The lowest BCUT2D eigenvalue weighted by Gasteiger charge is -2.26. The Kier molecular flexibility index (Phi) is 8.21. The van der Waals surface area contributed by atoms with Gasteiger partial charge in [-0.2, -0.15) is 0 Å².